The highest BCUT2D eigenvalue weighted by molar-refractivity contribution is 7.16. The summed E-state index contributed by atoms with van der Waals surface area (Å²) in [6.45, 7) is 0. The first-order valence-electron chi connectivity index (χ1n) is 7.15. The molecule has 2 heterocycles. The van der Waals surface area contributed by atoms with Crippen molar-refractivity contribution in [2.45, 2.75) is 0 Å². The van der Waals surface area contributed by atoms with Crippen molar-refractivity contribution < 1.29 is 14.4 Å². The molecule has 0 unspecified atom stereocenters. The molecular weight excluding hydrogens is 326 g/mol. The van der Waals surface area contributed by atoms with Crippen LogP contribution in [0.5, 0.6) is 0 Å². The quantitative estimate of drug-likeness (QED) is 0.729. The second-order valence-electron chi connectivity index (χ2n) is 5.42. The van der Waals surface area contributed by atoms with E-state index in [1.54, 1.807) is 35.8 Å². The van der Waals surface area contributed by atoms with Gasteiger partial charge in [0.2, 0.25) is 0 Å². The van der Waals surface area contributed by atoms with E-state index in [2.05, 4.69) is 10.3 Å². The smallest absolute Gasteiger partial charge is 0.261 e. The molecule has 1 aliphatic rings. The highest BCUT2D eigenvalue weighted by atomic mass is 32.1. The number of fused-ring (bicyclic) bond motifs is 2. The number of imide groups is 1. The molecule has 0 atom stereocenters. The number of aromatic nitrogens is 1. The topological polar surface area (TPSA) is 79.4 Å². The molecule has 3 amide bonds. The summed E-state index contributed by atoms with van der Waals surface area (Å²) in [4.78, 5) is 41.5. The van der Waals surface area contributed by atoms with Gasteiger partial charge in [-0.25, -0.2) is 4.98 Å². The van der Waals surface area contributed by atoms with Crippen LogP contribution < -0.4 is 5.32 Å². The molecule has 0 aliphatic carbocycles. The Morgan fingerprint density at radius 1 is 1.08 bits per heavy atom. The molecule has 0 fully saturated rings. The van der Waals surface area contributed by atoms with Crippen LogP contribution in [0.4, 0.5) is 5.69 Å². The molecule has 118 valence electrons. The minimum atomic E-state index is -0.364. The molecule has 0 saturated carbocycles. The lowest BCUT2D eigenvalue weighted by Gasteiger charge is -2.06. The minimum Gasteiger partial charge on any atom is -0.322 e. The SMILES string of the molecule is CN1C(=O)c2ccc(NC(=O)c3ccc4ncsc4c3)cc2C1=O. The number of thiazole rings is 1. The van der Waals surface area contributed by atoms with Crippen LogP contribution in [0.25, 0.3) is 10.2 Å². The van der Waals surface area contributed by atoms with Crippen molar-refractivity contribution in [3.05, 3.63) is 58.6 Å². The van der Waals surface area contributed by atoms with E-state index in [1.807, 2.05) is 0 Å². The molecule has 1 N–H and O–H groups in total. The lowest BCUT2D eigenvalue weighted by atomic mass is 10.1. The molecule has 0 spiro atoms. The van der Waals surface area contributed by atoms with Crippen LogP contribution >= 0.6 is 11.3 Å². The summed E-state index contributed by atoms with van der Waals surface area (Å²) in [5.74, 6) is -0.976. The van der Waals surface area contributed by atoms with Crippen LogP contribution in [0, 0.1) is 0 Å². The van der Waals surface area contributed by atoms with Gasteiger partial charge in [-0.2, -0.15) is 0 Å². The molecule has 4 rings (SSSR count). The van der Waals surface area contributed by atoms with Crippen LogP contribution in [-0.2, 0) is 0 Å². The number of benzene rings is 2. The fourth-order valence-electron chi connectivity index (χ4n) is 2.64. The Balaban J connectivity index is 1.63. The van der Waals surface area contributed by atoms with E-state index < -0.39 is 0 Å². The van der Waals surface area contributed by atoms with Gasteiger partial charge in [-0.1, -0.05) is 0 Å². The number of nitrogens with one attached hydrogen (secondary N) is 1. The molecule has 7 heteroatoms. The Morgan fingerprint density at radius 2 is 1.88 bits per heavy atom. The maximum atomic E-state index is 12.4. The normalized spacial score (nSPS) is 13.5. The van der Waals surface area contributed by atoms with Crippen molar-refractivity contribution >= 4 is 45.0 Å². The summed E-state index contributed by atoms with van der Waals surface area (Å²) in [6, 6.07) is 9.97. The summed E-state index contributed by atoms with van der Waals surface area (Å²) >= 11 is 1.46. The van der Waals surface area contributed by atoms with Crippen molar-refractivity contribution in [3.63, 3.8) is 0 Å². The Bertz CT molecular complexity index is 1020. The van der Waals surface area contributed by atoms with Crippen molar-refractivity contribution in [1.29, 1.82) is 0 Å². The van der Waals surface area contributed by atoms with E-state index in [9.17, 15) is 14.4 Å². The number of hydrogen-bond donors (Lipinski definition) is 1. The van der Waals surface area contributed by atoms with Crippen LogP contribution in [0.3, 0.4) is 0 Å². The number of anilines is 1. The van der Waals surface area contributed by atoms with E-state index in [0.29, 0.717) is 22.4 Å². The molecule has 0 saturated heterocycles. The molecule has 1 aliphatic heterocycles. The standard InChI is InChI=1S/C17H11N3O3S/c1-20-16(22)11-4-3-10(7-12(11)17(20)23)19-15(21)9-2-5-13-14(6-9)24-8-18-13/h2-8H,1H3,(H,19,21). The number of rotatable bonds is 2. The molecule has 2 aromatic carbocycles. The molecule has 0 bridgehead atoms. The zero-order valence-corrected chi connectivity index (χ0v) is 13.4. The van der Waals surface area contributed by atoms with Crippen LogP contribution in [0.15, 0.2) is 41.9 Å². The maximum Gasteiger partial charge on any atom is 0.261 e. The molecule has 1 aromatic heterocycles. The van der Waals surface area contributed by atoms with Gasteiger partial charge in [-0.15, -0.1) is 11.3 Å². The largest absolute Gasteiger partial charge is 0.322 e. The van der Waals surface area contributed by atoms with Crippen molar-refractivity contribution in [2.24, 2.45) is 0 Å². The first kappa shape index (κ1) is 14.5. The van der Waals surface area contributed by atoms with E-state index in [0.717, 1.165) is 15.1 Å². The Labute approximate surface area is 140 Å². The minimum absolute atomic E-state index is 0.282. The van der Waals surface area contributed by atoms with E-state index in [1.165, 1.54) is 24.5 Å². The van der Waals surface area contributed by atoms with E-state index >= 15 is 0 Å². The predicted molar refractivity (Wildman–Crippen MR) is 90.4 cm³/mol. The van der Waals surface area contributed by atoms with Gasteiger partial charge in [0.1, 0.15) is 0 Å². The monoisotopic (exact) mass is 337 g/mol. The van der Waals surface area contributed by atoms with Gasteiger partial charge in [0, 0.05) is 18.3 Å². The molecule has 3 aromatic rings. The molecule has 0 radical (unpaired) electrons. The van der Waals surface area contributed by atoms with Gasteiger partial charge in [-0.3, -0.25) is 19.3 Å². The zero-order chi connectivity index (χ0) is 16.8. The summed E-state index contributed by atoms with van der Waals surface area (Å²) in [5.41, 5.74) is 4.21. The second kappa shape index (κ2) is 5.24. The van der Waals surface area contributed by atoms with Gasteiger partial charge >= 0.3 is 0 Å². The third kappa shape index (κ3) is 2.17. The summed E-state index contributed by atoms with van der Waals surface area (Å²) in [5, 5.41) is 2.76. The Morgan fingerprint density at radius 3 is 2.71 bits per heavy atom. The van der Waals surface area contributed by atoms with Crippen molar-refractivity contribution in [2.75, 3.05) is 12.4 Å². The highest BCUT2D eigenvalue weighted by Gasteiger charge is 2.32. The average Bonchev–Trinajstić information content (AvgIpc) is 3.14. The summed E-state index contributed by atoms with van der Waals surface area (Å²) in [7, 11) is 1.44. The van der Waals surface area contributed by atoms with Gasteiger partial charge < -0.3 is 5.32 Å². The van der Waals surface area contributed by atoms with Gasteiger partial charge in [0.25, 0.3) is 17.7 Å². The number of nitrogens with zero attached hydrogens (tertiary/aromatic N) is 2. The van der Waals surface area contributed by atoms with Crippen molar-refractivity contribution in [3.8, 4) is 0 Å². The van der Waals surface area contributed by atoms with Gasteiger partial charge in [0.05, 0.1) is 26.9 Å². The number of carbonyl (C=O) groups is 3. The van der Waals surface area contributed by atoms with Gasteiger partial charge in [0.15, 0.2) is 0 Å². The lowest BCUT2D eigenvalue weighted by Crippen LogP contribution is -2.24. The Hall–Kier alpha value is -3.06. The first-order valence-corrected chi connectivity index (χ1v) is 8.03. The average molecular weight is 337 g/mol. The van der Waals surface area contributed by atoms with Gasteiger partial charge in [-0.05, 0) is 36.4 Å². The van der Waals surface area contributed by atoms with E-state index in [4.69, 9.17) is 0 Å². The fraction of sp³-hybridized carbons (Fsp3) is 0.0588. The second-order valence-corrected chi connectivity index (χ2v) is 6.31. The third-order valence-electron chi connectivity index (χ3n) is 3.94. The molecular formula is C17H11N3O3S. The fourth-order valence-corrected chi connectivity index (χ4v) is 3.35. The van der Waals surface area contributed by atoms with E-state index in [-0.39, 0.29) is 17.7 Å². The first-order chi connectivity index (χ1) is 11.5. The van der Waals surface area contributed by atoms with Crippen LogP contribution in [-0.4, -0.2) is 34.7 Å². The number of hydrogen-bond acceptors (Lipinski definition) is 5. The van der Waals surface area contributed by atoms with Crippen molar-refractivity contribution in [1.82, 2.24) is 9.88 Å². The maximum absolute atomic E-state index is 12.4. The Kier molecular flexibility index (Phi) is 3.17. The summed E-state index contributed by atoms with van der Waals surface area (Å²) in [6.07, 6.45) is 0. The third-order valence-corrected chi connectivity index (χ3v) is 4.73. The number of amides is 3. The zero-order valence-electron chi connectivity index (χ0n) is 12.6. The molecule has 6 nitrogen and oxygen atoms in total. The predicted octanol–water partition coefficient (Wildman–Crippen LogP) is 2.77. The lowest BCUT2D eigenvalue weighted by molar-refractivity contribution is 0.0692. The summed E-state index contributed by atoms with van der Waals surface area (Å²) < 4.78 is 0.930. The van der Waals surface area contributed by atoms with Crippen LogP contribution in [0.1, 0.15) is 31.1 Å². The van der Waals surface area contributed by atoms with Crippen LogP contribution in [0.2, 0.25) is 0 Å². The number of carbonyl (C=O) groups excluding carboxylic acids is 3. The highest BCUT2D eigenvalue weighted by Crippen LogP contribution is 2.25. The molecule has 24 heavy (non-hydrogen) atoms.